The van der Waals surface area contributed by atoms with Gasteiger partial charge in [0.2, 0.25) is 15.8 Å². The summed E-state index contributed by atoms with van der Waals surface area (Å²) in [7, 11) is -3.64. The highest BCUT2D eigenvalue weighted by molar-refractivity contribution is 7.89. The summed E-state index contributed by atoms with van der Waals surface area (Å²) in [6, 6.07) is 9.64. The van der Waals surface area contributed by atoms with Gasteiger partial charge in [0.05, 0.1) is 17.2 Å². The number of hydrogen-bond donors (Lipinski definition) is 2. The van der Waals surface area contributed by atoms with Crippen molar-refractivity contribution in [2.45, 2.75) is 11.4 Å². The van der Waals surface area contributed by atoms with Crippen molar-refractivity contribution in [3.8, 4) is 11.4 Å². The molecule has 0 bridgehead atoms. The number of hydrogen-bond acceptors (Lipinski definition) is 8. The maximum absolute atomic E-state index is 12.0. The summed E-state index contributed by atoms with van der Waals surface area (Å²) in [5.41, 5.74) is 1.33. The Kier molecular flexibility index (Phi) is 5.07. The van der Waals surface area contributed by atoms with Gasteiger partial charge in [0.25, 0.3) is 0 Å². The number of tetrazole rings is 1. The minimum absolute atomic E-state index is 0.0393. The van der Waals surface area contributed by atoms with Crippen molar-refractivity contribution in [2.75, 3.05) is 13.2 Å². The SMILES string of the molecule is O=S(=O)(NCCO)c1ccc(-c2nnn(Cc3cccnn3)n2)cc1. The second-order valence-electron chi connectivity index (χ2n) is 5.00. The summed E-state index contributed by atoms with van der Waals surface area (Å²) < 4.78 is 26.2. The Hall–Kier alpha value is -2.76. The van der Waals surface area contributed by atoms with Gasteiger partial charge in [-0.25, -0.2) is 13.1 Å². The topological polar surface area (TPSA) is 136 Å². The molecule has 0 spiro atoms. The van der Waals surface area contributed by atoms with Crippen molar-refractivity contribution >= 4 is 10.0 Å². The lowest BCUT2D eigenvalue weighted by Gasteiger charge is -2.05. The third-order valence-corrected chi connectivity index (χ3v) is 4.69. The molecule has 0 saturated heterocycles. The van der Waals surface area contributed by atoms with Crippen molar-refractivity contribution in [2.24, 2.45) is 0 Å². The molecule has 0 aliphatic rings. The number of rotatable bonds is 7. The van der Waals surface area contributed by atoms with Crippen LogP contribution in [0.4, 0.5) is 0 Å². The zero-order valence-corrected chi connectivity index (χ0v) is 13.8. The molecule has 10 nitrogen and oxygen atoms in total. The molecule has 0 aliphatic carbocycles. The van der Waals surface area contributed by atoms with E-state index in [1.807, 2.05) is 0 Å². The van der Waals surface area contributed by atoms with Crippen LogP contribution in [0.25, 0.3) is 11.4 Å². The van der Waals surface area contributed by atoms with E-state index in [1.54, 1.807) is 30.5 Å². The third-order valence-electron chi connectivity index (χ3n) is 3.21. The van der Waals surface area contributed by atoms with Crippen LogP contribution in [0.1, 0.15) is 5.69 Å². The molecule has 0 aliphatic heterocycles. The van der Waals surface area contributed by atoms with Gasteiger partial charge in [0, 0.05) is 18.3 Å². The molecule has 3 aromatic rings. The molecular formula is C14H15N7O3S. The molecule has 0 amide bonds. The second kappa shape index (κ2) is 7.42. The summed E-state index contributed by atoms with van der Waals surface area (Å²) in [6.45, 7) is 0.0247. The lowest BCUT2D eigenvalue weighted by Crippen LogP contribution is -2.26. The van der Waals surface area contributed by atoms with Crippen LogP contribution in [0.5, 0.6) is 0 Å². The number of sulfonamides is 1. The first-order valence-electron chi connectivity index (χ1n) is 7.34. The van der Waals surface area contributed by atoms with Crippen molar-refractivity contribution < 1.29 is 13.5 Å². The highest BCUT2D eigenvalue weighted by atomic mass is 32.2. The van der Waals surface area contributed by atoms with E-state index in [1.165, 1.54) is 16.9 Å². The Morgan fingerprint density at radius 1 is 1.12 bits per heavy atom. The van der Waals surface area contributed by atoms with Crippen LogP contribution >= 0.6 is 0 Å². The molecule has 0 radical (unpaired) electrons. The quantitative estimate of drug-likeness (QED) is 0.572. The smallest absolute Gasteiger partial charge is 0.240 e. The van der Waals surface area contributed by atoms with Crippen molar-refractivity contribution in [3.63, 3.8) is 0 Å². The number of aliphatic hydroxyl groups excluding tert-OH is 1. The van der Waals surface area contributed by atoms with E-state index in [-0.39, 0.29) is 18.0 Å². The lowest BCUT2D eigenvalue weighted by molar-refractivity contribution is 0.301. The van der Waals surface area contributed by atoms with Crippen LogP contribution in [-0.2, 0) is 16.6 Å². The molecule has 11 heteroatoms. The molecule has 2 N–H and O–H groups in total. The number of aromatic nitrogens is 6. The summed E-state index contributed by atoms with van der Waals surface area (Å²) in [5.74, 6) is 0.371. The van der Waals surface area contributed by atoms with Crippen LogP contribution in [0.15, 0.2) is 47.5 Å². The first-order chi connectivity index (χ1) is 12.1. The summed E-state index contributed by atoms with van der Waals surface area (Å²) in [4.78, 5) is 1.48. The highest BCUT2D eigenvalue weighted by Gasteiger charge is 2.14. The van der Waals surface area contributed by atoms with E-state index < -0.39 is 10.0 Å². The fourth-order valence-electron chi connectivity index (χ4n) is 2.03. The number of nitrogens with one attached hydrogen (secondary N) is 1. The molecule has 0 fully saturated rings. The van der Waals surface area contributed by atoms with Gasteiger partial charge in [-0.1, -0.05) is 0 Å². The third kappa shape index (κ3) is 4.21. The van der Waals surface area contributed by atoms with Crippen molar-refractivity contribution in [1.82, 2.24) is 35.1 Å². The van der Waals surface area contributed by atoms with Crippen LogP contribution in [-0.4, -0.2) is 57.1 Å². The van der Waals surface area contributed by atoms with Gasteiger partial charge < -0.3 is 5.11 Å². The van der Waals surface area contributed by atoms with Crippen LogP contribution in [0.3, 0.4) is 0 Å². The standard InChI is InChI=1S/C14H15N7O3S/c22-9-8-16-25(23,24)13-5-3-11(4-6-13)14-18-20-21(19-14)10-12-2-1-7-15-17-12/h1-7,16,22H,8-10H2. The highest BCUT2D eigenvalue weighted by Crippen LogP contribution is 2.17. The van der Waals surface area contributed by atoms with Gasteiger partial charge in [-0.15, -0.1) is 10.2 Å². The zero-order chi connectivity index (χ0) is 17.7. The number of nitrogens with zero attached hydrogens (tertiary/aromatic N) is 6. The Morgan fingerprint density at radius 3 is 2.60 bits per heavy atom. The van der Waals surface area contributed by atoms with Crippen molar-refractivity contribution in [1.29, 1.82) is 0 Å². The zero-order valence-electron chi connectivity index (χ0n) is 13.0. The van der Waals surface area contributed by atoms with Crippen LogP contribution in [0.2, 0.25) is 0 Å². The molecule has 1 aromatic carbocycles. The van der Waals surface area contributed by atoms with Gasteiger partial charge in [0.15, 0.2) is 0 Å². The Labute approximate surface area is 143 Å². The van der Waals surface area contributed by atoms with E-state index in [9.17, 15) is 8.42 Å². The minimum Gasteiger partial charge on any atom is -0.395 e. The average molecular weight is 361 g/mol. The second-order valence-corrected chi connectivity index (χ2v) is 6.77. The van der Waals surface area contributed by atoms with Gasteiger partial charge in [-0.3, -0.25) is 0 Å². The summed E-state index contributed by atoms with van der Waals surface area (Å²) in [5, 5.41) is 28.6. The molecular weight excluding hydrogens is 346 g/mol. The Morgan fingerprint density at radius 2 is 1.92 bits per heavy atom. The number of aliphatic hydroxyl groups is 1. The first kappa shape index (κ1) is 17.1. The van der Waals surface area contributed by atoms with E-state index in [2.05, 4.69) is 30.3 Å². The normalized spacial score (nSPS) is 11.6. The molecule has 130 valence electrons. The minimum atomic E-state index is -3.64. The molecule has 25 heavy (non-hydrogen) atoms. The molecule has 2 aromatic heterocycles. The van der Waals surface area contributed by atoms with Gasteiger partial charge in [0.1, 0.15) is 6.54 Å². The van der Waals surface area contributed by atoms with Crippen LogP contribution < -0.4 is 4.72 Å². The van der Waals surface area contributed by atoms with Crippen molar-refractivity contribution in [3.05, 3.63) is 48.3 Å². The van der Waals surface area contributed by atoms with Gasteiger partial charge in [-0.2, -0.15) is 15.0 Å². The monoisotopic (exact) mass is 361 g/mol. The van der Waals surface area contributed by atoms with E-state index in [0.29, 0.717) is 23.6 Å². The molecule has 0 saturated carbocycles. The van der Waals surface area contributed by atoms with Gasteiger partial charge in [-0.05, 0) is 41.6 Å². The maximum atomic E-state index is 12.0. The summed E-state index contributed by atoms with van der Waals surface area (Å²) in [6.07, 6.45) is 1.58. The Balaban J connectivity index is 1.75. The fourth-order valence-corrected chi connectivity index (χ4v) is 3.06. The van der Waals surface area contributed by atoms with E-state index in [4.69, 9.17) is 5.11 Å². The first-order valence-corrected chi connectivity index (χ1v) is 8.82. The molecule has 0 unspecified atom stereocenters. The Bertz CT molecular complexity index is 927. The number of benzene rings is 1. The largest absolute Gasteiger partial charge is 0.395 e. The van der Waals surface area contributed by atoms with E-state index >= 15 is 0 Å². The fraction of sp³-hybridized carbons (Fsp3) is 0.214. The van der Waals surface area contributed by atoms with Gasteiger partial charge >= 0.3 is 0 Å². The van der Waals surface area contributed by atoms with E-state index in [0.717, 1.165) is 0 Å². The summed E-state index contributed by atoms with van der Waals surface area (Å²) >= 11 is 0. The van der Waals surface area contributed by atoms with Crippen LogP contribution in [0, 0.1) is 0 Å². The molecule has 0 atom stereocenters. The molecule has 3 rings (SSSR count). The predicted octanol–water partition coefficient (Wildman–Crippen LogP) is -0.551. The predicted molar refractivity (Wildman–Crippen MR) is 86.7 cm³/mol. The molecule has 2 heterocycles. The lowest BCUT2D eigenvalue weighted by atomic mass is 10.2. The average Bonchev–Trinajstić information content (AvgIpc) is 3.09. The maximum Gasteiger partial charge on any atom is 0.240 e.